The van der Waals surface area contributed by atoms with E-state index in [1.807, 2.05) is 16.7 Å². The first-order chi connectivity index (χ1) is 6.34. The molecule has 0 unspecified atom stereocenters. The first-order valence-electron chi connectivity index (χ1n) is 3.95. The van der Waals surface area contributed by atoms with Gasteiger partial charge in [-0.2, -0.15) is 0 Å². The summed E-state index contributed by atoms with van der Waals surface area (Å²) >= 11 is 0. The summed E-state index contributed by atoms with van der Waals surface area (Å²) in [6.45, 7) is 0.729. The van der Waals surface area contributed by atoms with Crippen LogP contribution in [0, 0.1) is 0 Å². The quantitative estimate of drug-likeness (QED) is 0.741. The van der Waals surface area contributed by atoms with E-state index < -0.39 is 0 Å². The predicted molar refractivity (Wildman–Crippen MR) is 47.2 cm³/mol. The van der Waals surface area contributed by atoms with Crippen molar-refractivity contribution in [3.63, 3.8) is 0 Å². The molecule has 0 aliphatic rings. The van der Waals surface area contributed by atoms with Gasteiger partial charge in [-0.1, -0.05) is 12.1 Å². The van der Waals surface area contributed by atoms with Crippen LogP contribution in [0.1, 0.15) is 5.56 Å². The van der Waals surface area contributed by atoms with E-state index >= 15 is 0 Å². The largest absolute Gasteiger partial charge is 0.508 e. The third-order valence-electron chi connectivity index (χ3n) is 1.77. The molecule has 0 aliphatic heterocycles. The molecular formula is C9H9N3O. The Morgan fingerprint density at radius 1 is 1.08 bits per heavy atom. The van der Waals surface area contributed by atoms with Crippen LogP contribution >= 0.6 is 0 Å². The fourth-order valence-corrected chi connectivity index (χ4v) is 1.12. The first kappa shape index (κ1) is 7.79. The molecular weight excluding hydrogens is 166 g/mol. The molecule has 0 fully saturated rings. The van der Waals surface area contributed by atoms with Gasteiger partial charge < -0.3 is 9.67 Å². The average Bonchev–Trinajstić information content (AvgIpc) is 2.62. The highest BCUT2D eigenvalue weighted by molar-refractivity contribution is 5.25. The maximum absolute atomic E-state index is 9.05. The molecule has 1 aromatic heterocycles. The lowest BCUT2D eigenvalue weighted by Gasteiger charge is -2.00. The third-order valence-corrected chi connectivity index (χ3v) is 1.77. The highest BCUT2D eigenvalue weighted by atomic mass is 16.3. The number of phenolic OH excluding ortho intramolecular Hbond substituents is 1. The van der Waals surface area contributed by atoms with Crippen molar-refractivity contribution in [3.8, 4) is 5.75 Å². The third kappa shape index (κ3) is 1.84. The minimum absolute atomic E-state index is 0.285. The molecule has 0 spiro atoms. The number of hydrogen-bond acceptors (Lipinski definition) is 3. The molecule has 66 valence electrons. The van der Waals surface area contributed by atoms with Gasteiger partial charge in [-0.3, -0.25) is 0 Å². The molecule has 0 aliphatic carbocycles. The van der Waals surface area contributed by atoms with E-state index in [0.29, 0.717) is 0 Å². The maximum Gasteiger partial charge on any atom is 0.119 e. The molecule has 0 atom stereocenters. The van der Waals surface area contributed by atoms with Gasteiger partial charge in [-0.05, 0) is 17.7 Å². The van der Waals surface area contributed by atoms with Crippen LogP contribution < -0.4 is 0 Å². The molecule has 0 amide bonds. The van der Waals surface area contributed by atoms with Gasteiger partial charge in [0.15, 0.2) is 0 Å². The van der Waals surface area contributed by atoms with Crippen molar-refractivity contribution in [2.75, 3.05) is 0 Å². The highest BCUT2D eigenvalue weighted by Crippen LogP contribution is 2.10. The van der Waals surface area contributed by atoms with Gasteiger partial charge in [0.1, 0.15) is 18.4 Å². The van der Waals surface area contributed by atoms with Crippen molar-refractivity contribution in [1.82, 2.24) is 14.8 Å². The van der Waals surface area contributed by atoms with Gasteiger partial charge in [0, 0.05) is 6.54 Å². The van der Waals surface area contributed by atoms with Crippen LogP contribution in [0.2, 0.25) is 0 Å². The Morgan fingerprint density at radius 3 is 2.31 bits per heavy atom. The molecule has 4 nitrogen and oxygen atoms in total. The monoisotopic (exact) mass is 175 g/mol. The van der Waals surface area contributed by atoms with Crippen molar-refractivity contribution in [3.05, 3.63) is 42.5 Å². The standard InChI is InChI=1S/C9H9N3O/c13-9-3-1-8(2-4-9)5-12-6-10-11-7-12/h1-4,6-7,13H,5H2. The maximum atomic E-state index is 9.05. The number of benzene rings is 1. The van der Waals surface area contributed by atoms with E-state index in [0.717, 1.165) is 12.1 Å². The number of rotatable bonds is 2. The van der Waals surface area contributed by atoms with Gasteiger partial charge in [-0.15, -0.1) is 10.2 Å². The van der Waals surface area contributed by atoms with Crippen LogP contribution in [-0.4, -0.2) is 19.9 Å². The molecule has 0 saturated heterocycles. The van der Waals surface area contributed by atoms with Crippen molar-refractivity contribution in [2.45, 2.75) is 6.54 Å². The Morgan fingerprint density at radius 2 is 1.69 bits per heavy atom. The Balaban J connectivity index is 2.15. The Bertz CT molecular complexity index is 366. The number of nitrogens with zero attached hydrogens (tertiary/aromatic N) is 3. The van der Waals surface area contributed by atoms with Crippen LogP contribution in [-0.2, 0) is 6.54 Å². The van der Waals surface area contributed by atoms with Gasteiger partial charge in [0.05, 0.1) is 0 Å². The second-order valence-corrected chi connectivity index (χ2v) is 2.80. The first-order valence-corrected chi connectivity index (χ1v) is 3.95. The second-order valence-electron chi connectivity index (χ2n) is 2.80. The van der Waals surface area contributed by atoms with Gasteiger partial charge in [-0.25, -0.2) is 0 Å². The zero-order valence-electron chi connectivity index (χ0n) is 6.96. The summed E-state index contributed by atoms with van der Waals surface area (Å²) in [5.41, 5.74) is 1.11. The number of aromatic nitrogens is 3. The van der Waals surface area contributed by atoms with Crippen LogP contribution in [0.25, 0.3) is 0 Å². The van der Waals surface area contributed by atoms with Crippen LogP contribution in [0.4, 0.5) is 0 Å². The summed E-state index contributed by atoms with van der Waals surface area (Å²) in [5, 5.41) is 16.5. The molecule has 1 N–H and O–H groups in total. The number of hydrogen-bond donors (Lipinski definition) is 1. The summed E-state index contributed by atoms with van der Waals surface area (Å²) in [7, 11) is 0. The Labute approximate surface area is 75.5 Å². The molecule has 1 heterocycles. The van der Waals surface area contributed by atoms with Crippen molar-refractivity contribution in [1.29, 1.82) is 0 Å². The zero-order chi connectivity index (χ0) is 9.10. The van der Waals surface area contributed by atoms with E-state index in [1.165, 1.54) is 0 Å². The number of phenols is 1. The fraction of sp³-hybridized carbons (Fsp3) is 0.111. The van der Waals surface area contributed by atoms with Gasteiger partial charge in [0.2, 0.25) is 0 Å². The molecule has 0 saturated carbocycles. The lowest BCUT2D eigenvalue weighted by Crippen LogP contribution is -1.95. The minimum Gasteiger partial charge on any atom is -0.508 e. The van der Waals surface area contributed by atoms with Crippen LogP contribution in [0.5, 0.6) is 5.75 Å². The van der Waals surface area contributed by atoms with Gasteiger partial charge in [0.25, 0.3) is 0 Å². The molecule has 2 rings (SSSR count). The van der Waals surface area contributed by atoms with E-state index in [4.69, 9.17) is 5.11 Å². The Kier molecular flexibility index (Phi) is 1.96. The normalized spacial score (nSPS) is 10.2. The summed E-state index contributed by atoms with van der Waals surface area (Å²) in [6, 6.07) is 7.07. The lowest BCUT2D eigenvalue weighted by atomic mass is 10.2. The van der Waals surface area contributed by atoms with Crippen molar-refractivity contribution < 1.29 is 5.11 Å². The number of aromatic hydroxyl groups is 1. The molecule has 1 aromatic carbocycles. The lowest BCUT2D eigenvalue weighted by molar-refractivity contribution is 0.475. The second kappa shape index (κ2) is 3.26. The average molecular weight is 175 g/mol. The van der Waals surface area contributed by atoms with E-state index in [9.17, 15) is 0 Å². The highest BCUT2D eigenvalue weighted by Gasteiger charge is 1.94. The summed E-state index contributed by atoms with van der Waals surface area (Å²) in [6.07, 6.45) is 3.32. The van der Waals surface area contributed by atoms with Crippen molar-refractivity contribution in [2.24, 2.45) is 0 Å². The summed E-state index contributed by atoms with van der Waals surface area (Å²) < 4.78 is 1.87. The summed E-state index contributed by atoms with van der Waals surface area (Å²) in [5.74, 6) is 0.285. The van der Waals surface area contributed by atoms with E-state index in [2.05, 4.69) is 10.2 Å². The van der Waals surface area contributed by atoms with E-state index in [1.54, 1.807) is 24.8 Å². The SMILES string of the molecule is Oc1ccc(Cn2cnnc2)cc1. The van der Waals surface area contributed by atoms with Crippen LogP contribution in [0.3, 0.4) is 0 Å². The van der Waals surface area contributed by atoms with Crippen LogP contribution in [0.15, 0.2) is 36.9 Å². The molecule has 4 heteroatoms. The predicted octanol–water partition coefficient (Wildman–Crippen LogP) is 1.03. The van der Waals surface area contributed by atoms with Crippen molar-refractivity contribution >= 4 is 0 Å². The molecule has 0 bridgehead atoms. The minimum atomic E-state index is 0.285. The molecule has 13 heavy (non-hydrogen) atoms. The van der Waals surface area contributed by atoms with Gasteiger partial charge >= 0.3 is 0 Å². The smallest absolute Gasteiger partial charge is 0.119 e. The topological polar surface area (TPSA) is 50.9 Å². The fourth-order valence-electron chi connectivity index (χ4n) is 1.12. The summed E-state index contributed by atoms with van der Waals surface area (Å²) in [4.78, 5) is 0. The van der Waals surface area contributed by atoms with E-state index in [-0.39, 0.29) is 5.75 Å². The Hall–Kier alpha value is -1.84. The molecule has 0 radical (unpaired) electrons. The zero-order valence-corrected chi connectivity index (χ0v) is 6.96. The molecule has 2 aromatic rings.